The van der Waals surface area contributed by atoms with E-state index in [1.165, 1.54) is 34.2 Å². The smallest absolute Gasteiger partial charge is 0.337 e. The Hall–Kier alpha value is -1.95. The van der Waals surface area contributed by atoms with Crippen molar-refractivity contribution in [1.29, 1.82) is 0 Å². The number of hydrogen-bond acceptors (Lipinski definition) is 4. The maximum absolute atomic E-state index is 11.6. The van der Waals surface area contributed by atoms with Crippen molar-refractivity contribution < 1.29 is 9.90 Å². The van der Waals surface area contributed by atoms with Crippen LogP contribution < -0.4 is 5.56 Å². The number of aryl methyl sites for hydroxylation is 1. The number of carbonyl (C=O) groups is 1. The van der Waals surface area contributed by atoms with Crippen LogP contribution in [0.1, 0.15) is 20.2 Å². The molecular weight excluding hydrogens is 240 g/mol. The second-order valence-corrected chi connectivity index (χ2v) is 4.85. The number of pyridine rings is 1. The highest BCUT2D eigenvalue weighted by molar-refractivity contribution is 7.11. The molecule has 2 heterocycles. The van der Waals surface area contributed by atoms with Gasteiger partial charge in [0.1, 0.15) is 0 Å². The number of carboxylic acids is 1. The van der Waals surface area contributed by atoms with Gasteiger partial charge >= 0.3 is 5.97 Å². The predicted molar refractivity (Wildman–Crippen MR) is 63.6 cm³/mol. The lowest BCUT2D eigenvalue weighted by Gasteiger charge is -2.04. The van der Waals surface area contributed by atoms with Crippen LogP contribution in [-0.4, -0.2) is 20.6 Å². The summed E-state index contributed by atoms with van der Waals surface area (Å²) in [5.41, 5.74) is -0.119. The van der Waals surface area contributed by atoms with Gasteiger partial charge < -0.3 is 9.67 Å². The van der Waals surface area contributed by atoms with Gasteiger partial charge in [0.15, 0.2) is 0 Å². The van der Waals surface area contributed by atoms with E-state index in [0.717, 1.165) is 9.88 Å². The van der Waals surface area contributed by atoms with Crippen LogP contribution in [0.2, 0.25) is 0 Å². The second kappa shape index (κ2) is 4.50. The zero-order valence-corrected chi connectivity index (χ0v) is 9.90. The number of hydrogen-bond donors (Lipinski definition) is 1. The van der Waals surface area contributed by atoms with Crippen molar-refractivity contribution in [2.45, 2.75) is 13.5 Å². The number of nitrogens with zero attached hydrogens (tertiary/aromatic N) is 2. The van der Waals surface area contributed by atoms with Gasteiger partial charge in [0.25, 0.3) is 5.56 Å². The zero-order chi connectivity index (χ0) is 12.4. The number of rotatable bonds is 3. The van der Waals surface area contributed by atoms with Crippen molar-refractivity contribution in [2.24, 2.45) is 0 Å². The van der Waals surface area contributed by atoms with Crippen molar-refractivity contribution in [1.82, 2.24) is 9.55 Å². The molecular formula is C11H10N2O3S. The predicted octanol–water partition coefficient (Wildman–Crippen LogP) is 1.36. The Labute approximate surface area is 101 Å². The topological polar surface area (TPSA) is 72.2 Å². The summed E-state index contributed by atoms with van der Waals surface area (Å²) < 4.78 is 1.37. The molecule has 2 aromatic rings. The van der Waals surface area contributed by atoms with Gasteiger partial charge in [0, 0.05) is 23.3 Å². The van der Waals surface area contributed by atoms with Gasteiger partial charge in [0.2, 0.25) is 0 Å². The molecule has 2 rings (SSSR count). The molecule has 0 bridgehead atoms. The normalized spacial score (nSPS) is 10.4. The van der Waals surface area contributed by atoms with Gasteiger partial charge in [0.05, 0.1) is 17.1 Å². The number of carboxylic acid groups (broad SMARTS) is 1. The highest BCUT2D eigenvalue weighted by atomic mass is 32.1. The first-order valence-electron chi connectivity index (χ1n) is 4.91. The molecule has 0 amide bonds. The third kappa shape index (κ3) is 2.59. The lowest BCUT2D eigenvalue weighted by Crippen LogP contribution is -2.20. The van der Waals surface area contributed by atoms with Gasteiger partial charge in [-0.1, -0.05) is 0 Å². The SMILES string of the molecule is Cc1ncc(Cn2cc(C(=O)O)ccc2=O)s1. The fourth-order valence-corrected chi connectivity index (χ4v) is 2.22. The van der Waals surface area contributed by atoms with Crippen LogP contribution in [0.5, 0.6) is 0 Å². The van der Waals surface area contributed by atoms with E-state index in [4.69, 9.17) is 5.11 Å². The first-order chi connectivity index (χ1) is 8.06. The van der Waals surface area contributed by atoms with Crippen LogP contribution in [0.25, 0.3) is 0 Å². The molecule has 0 unspecified atom stereocenters. The standard InChI is InChI=1S/C11H10N2O3S/c1-7-12-4-9(17-7)6-13-5-8(11(15)16)2-3-10(13)14/h2-5H,6H2,1H3,(H,15,16). The molecule has 0 spiro atoms. The molecule has 0 atom stereocenters. The van der Waals surface area contributed by atoms with Gasteiger partial charge in [-0.3, -0.25) is 4.79 Å². The molecule has 6 heteroatoms. The Balaban J connectivity index is 2.35. The summed E-state index contributed by atoms with van der Waals surface area (Å²) in [6, 6.07) is 2.57. The molecule has 88 valence electrons. The van der Waals surface area contributed by atoms with Crippen LogP contribution in [0, 0.1) is 6.92 Å². The van der Waals surface area contributed by atoms with E-state index in [-0.39, 0.29) is 11.1 Å². The number of aromatic carboxylic acids is 1. The Kier molecular flexibility index (Phi) is 3.06. The van der Waals surface area contributed by atoms with Crippen LogP contribution in [0.15, 0.2) is 29.3 Å². The molecule has 0 aromatic carbocycles. The molecule has 0 saturated heterocycles. The average Bonchev–Trinajstić information content (AvgIpc) is 2.67. The van der Waals surface area contributed by atoms with E-state index in [1.807, 2.05) is 6.92 Å². The maximum Gasteiger partial charge on any atom is 0.337 e. The van der Waals surface area contributed by atoms with Crippen molar-refractivity contribution in [3.63, 3.8) is 0 Å². The maximum atomic E-state index is 11.6. The minimum Gasteiger partial charge on any atom is -0.478 e. The summed E-state index contributed by atoms with van der Waals surface area (Å²) in [5, 5.41) is 9.76. The van der Waals surface area contributed by atoms with Crippen molar-refractivity contribution in [3.05, 3.63) is 50.3 Å². The van der Waals surface area contributed by atoms with E-state index in [9.17, 15) is 9.59 Å². The minimum atomic E-state index is -1.04. The summed E-state index contributed by atoms with van der Waals surface area (Å²) in [6.45, 7) is 2.23. The van der Waals surface area contributed by atoms with Gasteiger partial charge in [-0.05, 0) is 13.0 Å². The van der Waals surface area contributed by atoms with E-state index in [1.54, 1.807) is 6.20 Å². The molecule has 0 aliphatic rings. The summed E-state index contributed by atoms with van der Waals surface area (Å²) in [4.78, 5) is 27.4. The van der Waals surface area contributed by atoms with Gasteiger partial charge in [-0.15, -0.1) is 11.3 Å². The first kappa shape index (κ1) is 11.5. The lowest BCUT2D eigenvalue weighted by atomic mass is 10.3. The Bertz CT molecular complexity index is 615. The van der Waals surface area contributed by atoms with E-state index in [2.05, 4.69) is 4.98 Å². The summed E-state index contributed by atoms with van der Waals surface area (Å²) in [7, 11) is 0. The monoisotopic (exact) mass is 250 g/mol. The third-order valence-corrected chi connectivity index (χ3v) is 3.12. The van der Waals surface area contributed by atoms with Crippen molar-refractivity contribution in [3.8, 4) is 0 Å². The van der Waals surface area contributed by atoms with Crippen LogP contribution in [0.3, 0.4) is 0 Å². The quantitative estimate of drug-likeness (QED) is 0.892. The molecule has 0 saturated carbocycles. The number of thiazole rings is 1. The highest BCUT2D eigenvalue weighted by Crippen LogP contribution is 2.12. The zero-order valence-electron chi connectivity index (χ0n) is 9.08. The van der Waals surface area contributed by atoms with Crippen LogP contribution >= 0.6 is 11.3 Å². The molecule has 2 aromatic heterocycles. The molecule has 0 aliphatic heterocycles. The summed E-state index contributed by atoms with van der Waals surface area (Å²) in [6.07, 6.45) is 3.04. The minimum absolute atomic E-state index is 0.103. The molecule has 1 N–H and O–H groups in total. The summed E-state index contributed by atoms with van der Waals surface area (Å²) in [5.74, 6) is -1.04. The molecule has 0 fully saturated rings. The lowest BCUT2D eigenvalue weighted by molar-refractivity contribution is 0.0696. The molecule has 5 nitrogen and oxygen atoms in total. The Morgan fingerprint density at radius 2 is 2.29 bits per heavy atom. The fourth-order valence-electron chi connectivity index (χ4n) is 1.43. The fraction of sp³-hybridized carbons (Fsp3) is 0.182. The van der Waals surface area contributed by atoms with Crippen molar-refractivity contribution >= 4 is 17.3 Å². The average molecular weight is 250 g/mol. The van der Waals surface area contributed by atoms with E-state index < -0.39 is 5.97 Å². The molecule has 0 radical (unpaired) electrons. The van der Waals surface area contributed by atoms with E-state index in [0.29, 0.717) is 6.54 Å². The van der Waals surface area contributed by atoms with Crippen LogP contribution in [0.4, 0.5) is 0 Å². The van der Waals surface area contributed by atoms with E-state index >= 15 is 0 Å². The van der Waals surface area contributed by atoms with Crippen molar-refractivity contribution in [2.75, 3.05) is 0 Å². The molecule has 17 heavy (non-hydrogen) atoms. The Morgan fingerprint density at radius 3 is 2.88 bits per heavy atom. The van der Waals surface area contributed by atoms with Crippen LogP contribution in [-0.2, 0) is 6.54 Å². The first-order valence-corrected chi connectivity index (χ1v) is 5.73. The highest BCUT2D eigenvalue weighted by Gasteiger charge is 2.06. The molecule has 0 aliphatic carbocycles. The number of aromatic nitrogens is 2. The van der Waals surface area contributed by atoms with Gasteiger partial charge in [-0.25, -0.2) is 9.78 Å². The van der Waals surface area contributed by atoms with Gasteiger partial charge in [-0.2, -0.15) is 0 Å². The Morgan fingerprint density at radius 1 is 1.53 bits per heavy atom. The third-order valence-electron chi connectivity index (χ3n) is 2.23. The second-order valence-electron chi connectivity index (χ2n) is 3.53. The summed E-state index contributed by atoms with van der Waals surface area (Å²) >= 11 is 1.49. The largest absolute Gasteiger partial charge is 0.478 e.